The first-order valence-corrected chi connectivity index (χ1v) is 4.78. The number of carboxylic acids is 1. The summed E-state index contributed by atoms with van der Waals surface area (Å²) in [4.78, 5) is 23.7. The molecule has 2 amide bonds. The lowest BCUT2D eigenvalue weighted by Crippen LogP contribution is -2.40. The van der Waals surface area contributed by atoms with Crippen LogP contribution in [0, 0.1) is 0 Å². The number of hydrogen-bond acceptors (Lipinski definition) is 2. The monoisotopic (exact) mass is 222 g/mol. The summed E-state index contributed by atoms with van der Waals surface area (Å²) in [5.74, 6) is -1.08. The summed E-state index contributed by atoms with van der Waals surface area (Å²) in [6.45, 7) is 0. The second-order valence-corrected chi connectivity index (χ2v) is 3.53. The average Bonchev–Trinajstić information content (AvgIpc) is 2.26. The summed E-state index contributed by atoms with van der Waals surface area (Å²) < 4.78 is 0. The Hall–Kier alpha value is -2.04. The summed E-state index contributed by atoms with van der Waals surface area (Å²) in [6.07, 6.45) is 0. The van der Waals surface area contributed by atoms with Gasteiger partial charge in [0.05, 0.1) is 0 Å². The Bertz CT molecular complexity index is 376. The predicted octanol–water partition coefficient (Wildman–Crippen LogP) is 1.08. The van der Waals surface area contributed by atoms with E-state index < -0.39 is 18.0 Å². The van der Waals surface area contributed by atoms with Crippen molar-refractivity contribution in [2.75, 3.05) is 14.1 Å². The molecule has 0 fully saturated rings. The number of urea groups is 1. The van der Waals surface area contributed by atoms with Crippen LogP contribution in [-0.4, -0.2) is 36.1 Å². The topological polar surface area (TPSA) is 69.6 Å². The molecule has 0 saturated carbocycles. The SMILES string of the molecule is CN(C)C(=O)NC(C(=O)O)c1ccccc1. The Kier molecular flexibility index (Phi) is 3.88. The summed E-state index contributed by atoms with van der Waals surface area (Å²) in [7, 11) is 3.11. The molecular weight excluding hydrogens is 208 g/mol. The molecule has 0 heterocycles. The van der Waals surface area contributed by atoms with Crippen LogP contribution in [0.15, 0.2) is 30.3 Å². The maximum atomic E-state index is 11.4. The van der Waals surface area contributed by atoms with Crippen molar-refractivity contribution in [2.24, 2.45) is 0 Å². The number of benzene rings is 1. The van der Waals surface area contributed by atoms with Gasteiger partial charge >= 0.3 is 12.0 Å². The van der Waals surface area contributed by atoms with Gasteiger partial charge in [-0.3, -0.25) is 0 Å². The third kappa shape index (κ3) is 2.98. The molecule has 1 rings (SSSR count). The minimum Gasteiger partial charge on any atom is -0.479 e. The zero-order valence-corrected chi connectivity index (χ0v) is 9.18. The van der Waals surface area contributed by atoms with E-state index in [-0.39, 0.29) is 0 Å². The van der Waals surface area contributed by atoms with Crippen molar-refractivity contribution in [2.45, 2.75) is 6.04 Å². The molecule has 0 bridgehead atoms. The molecule has 1 atom stereocenters. The van der Waals surface area contributed by atoms with Gasteiger partial charge in [0.25, 0.3) is 0 Å². The molecule has 0 aliphatic carbocycles. The largest absolute Gasteiger partial charge is 0.479 e. The van der Waals surface area contributed by atoms with Crippen LogP contribution in [0.5, 0.6) is 0 Å². The van der Waals surface area contributed by atoms with E-state index in [1.54, 1.807) is 44.4 Å². The Morgan fingerprint density at radius 2 is 1.81 bits per heavy atom. The van der Waals surface area contributed by atoms with Gasteiger partial charge < -0.3 is 15.3 Å². The lowest BCUT2D eigenvalue weighted by molar-refractivity contribution is -0.139. The summed E-state index contributed by atoms with van der Waals surface area (Å²) in [5.41, 5.74) is 0.546. The van der Waals surface area contributed by atoms with Gasteiger partial charge in [-0.2, -0.15) is 0 Å². The number of hydrogen-bond donors (Lipinski definition) is 2. The van der Waals surface area contributed by atoms with Crippen LogP contribution in [0.25, 0.3) is 0 Å². The molecule has 1 aromatic carbocycles. The predicted molar refractivity (Wildman–Crippen MR) is 59.0 cm³/mol. The zero-order valence-electron chi connectivity index (χ0n) is 9.18. The van der Waals surface area contributed by atoms with Crippen LogP contribution >= 0.6 is 0 Å². The maximum absolute atomic E-state index is 11.4. The standard InChI is InChI=1S/C11H14N2O3/c1-13(2)11(16)12-9(10(14)15)8-6-4-3-5-7-8/h3-7,9H,1-2H3,(H,12,16)(H,14,15). The summed E-state index contributed by atoms with van der Waals surface area (Å²) in [5, 5.41) is 11.4. The third-order valence-corrected chi connectivity index (χ3v) is 2.05. The molecule has 0 aliphatic heterocycles. The quantitative estimate of drug-likeness (QED) is 0.804. The molecule has 0 saturated heterocycles. The first kappa shape index (κ1) is 12.0. The van der Waals surface area contributed by atoms with Crippen LogP contribution in [0.4, 0.5) is 4.79 Å². The molecule has 5 nitrogen and oxygen atoms in total. The molecule has 86 valence electrons. The number of rotatable bonds is 3. The van der Waals surface area contributed by atoms with Crippen molar-refractivity contribution < 1.29 is 14.7 Å². The number of amides is 2. The van der Waals surface area contributed by atoms with Gasteiger partial charge in [0, 0.05) is 14.1 Å². The van der Waals surface area contributed by atoms with E-state index in [0.29, 0.717) is 5.56 Å². The Balaban J connectivity index is 2.85. The van der Waals surface area contributed by atoms with Crippen molar-refractivity contribution in [1.29, 1.82) is 0 Å². The number of nitrogens with one attached hydrogen (secondary N) is 1. The number of carboxylic acid groups (broad SMARTS) is 1. The van der Waals surface area contributed by atoms with E-state index in [4.69, 9.17) is 5.11 Å². The fourth-order valence-electron chi connectivity index (χ4n) is 1.19. The highest BCUT2D eigenvalue weighted by Gasteiger charge is 2.22. The zero-order chi connectivity index (χ0) is 12.1. The molecule has 1 unspecified atom stereocenters. The number of carbonyl (C=O) groups is 2. The van der Waals surface area contributed by atoms with Gasteiger partial charge in [0.1, 0.15) is 0 Å². The highest BCUT2D eigenvalue weighted by molar-refractivity contribution is 5.83. The van der Waals surface area contributed by atoms with Crippen LogP contribution in [0.3, 0.4) is 0 Å². The Labute approximate surface area is 93.7 Å². The van der Waals surface area contributed by atoms with E-state index in [0.717, 1.165) is 0 Å². The van der Waals surface area contributed by atoms with Crippen LogP contribution in [0.2, 0.25) is 0 Å². The lowest BCUT2D eigenvalue weighted by atomic mass is 10.1. The summed E-state index contributed by atoms with van der Waals surface area (Å²) >= 11 is 0. The first-order chi connectivity index (χ1) is 7.52. The number of nitrogens with zero attached hydrogens (tertiary/aromatic N) is 1. The molecule has 2 N–H and O–H groups in total. The van der Waals surface area contributed by atoms with E-state index in [2.05, 4.69) is 5.32 Å². The van der Waals surface area contributed by atoms with Gasteiger partial charge in [-0.05, 0) is 5.56 Å². The summed E-state index contributed by atoms with van der Waals surface area (Å²) in [6, 6.07) is 7.12. The number of aliphatic carboxylic acids is 1. The molecule has 5 heteroatoms. The molecular formula is C11H14N2O3. The van der Waals surface area contributed by atoms with Crippen molar-refractivity contribution in [3.8, 4) is 0 Å². The smallest absolute Gasteiger partial charge is 0.330 e. The van der Waals surface area contributed by atoms with Crippen molar-refractivity contribution >= 4 is 12.0 Å². The second-order valence-electron chi connectivity index (χ2n) is 3.53. The van der Waals surface area contributed by atoms with E-state index in [9.17, 15) is 9.59 Å². The fraction of sp³-hybridized carbons (Fsp3) is 0.273. The van der Waals surface area contributed by atoms with Crippen LogP contribution in [-0.2, 0) is 4.79 Å². The average molecular weight is 222 g/mol. The van der Waals surface area contributed by atoms with E-state index >= 15 is 0 Å². The Morgan fingerprint density at radius 3 is 2.25 bits per heavy atom. The highest BCUT2D eigenvalue weighted by Crippen LogP contribution is 2.12. The number of carbonyl (C=O) groups excluding carboxylic acids is 1. The van der Waals surface area contributed by atoms with Gasteiger partial charge in [0.15, 0.2) is 6.04 Å². The lowest BCUT2D eigenvalue weighted by Gasteiger charge is -2.18. The normalized spacial score (nSPS) is 11.6. The highest BCUT2D eigenvalue weighted by atomic mass is 16.4. The fourth-order valence-corrected chi connectivity index (χ4v) is 1.19. The molecule has 0 aromatic heterocycles. The molecule has 0 aliphatic rings. The van der Waals surface area contributed by atoms with E-state index in [1.807, 2.05) is 0 Å². The molecule has 1 aromatic rings. The van der Waals surface area contributed by atoms with Gasteiger partial charge in [-0.15, -0.1) is 0 Å². The van der Waals surface area contributed by atoms with Crippen molar-refractivity contribution in [1.82, 2.24) is 10.2 Å². The van der Waals surface area contributed by atoms with Crippen molar-refractivity contribution in [3.05, 3.63) is 35.9 Å². The Morgan fingerprint density at radius 1 is 1.25 bits per heavy atom. The van der Waals surface area contributed by atoms with E-state index in [1.165, 1.54) is 4.90 Å². The first-order valence-electron chi connectivity index (χ1n) is 4.78. The molecule has 0 radical (unpaired) electrons. The maximum Gasteiger partial charge on any atom is 0.330 e. The molecule has 16 heavy (non-hydrogen) atoms. The van der Waals surface area contributed by atoms with Crippen LogP contribution in [0.1, 0.15) is 11.6 Å². The van der Waals surface area contributed by atoms with Gasteiger partial charge in [0.2, 0.25) is 0 Å². The second kappa shape index (κ2) is 5.16. The van der Waals surface area contributed by atoms with Gasteiger partial charge in [-0.1, -0.05) is 30.3 Å². The third-order valence-electron chi connectivity index (χ3n) is 2.05. The van der Waals surface area contributed by atoms with Crippen LogP contribution < -0.4 is 5.32 Å². The van der Waals surface area contributed by atoms with Crippen molar-refractivity contribution in [3.63, 3.8) is 0 Å². The molecule has 0 spiro atoms. The minimum atomic E-state index is -1.08. The van der Waals surface area contributed by atoms with Gasteiger partial charge in [-0.25, -0.2) is 9.59 Å². The minimum absolute atomic E-state index is 0.434.